The van der Waals surface area contributed by atoms with Crippen molar-refractivity contribution < 1.29 is 28.5 Å². The molecule has 1 aromatic heterocycles. The van der Waals surface area contributed by atoms with Crippen LogP contribution < -0.4 is 0 Å². The van der Waals surface area contributed by atoms with Crippen LogP contribution in [0.3, 0.4) is 0 Å². The summed E-state index contributed by atoms with van der Waals surface area (Å²) in [7, 11) is 0. The maximum absolute atomic E-state index is 11.8. The summed E-state index contributed by atoms with van der Waals surface area (Å²) < 4.78 is 23.2. The van der Waals surface area contributed by atoms with Crippen molar-refractivity contribution in [2.45, 2.75) is 67.3 Å². The highest BCUT2D eigenvalue weighted by atomic mass is 16.6. The highest BCUT2D eigenvalue weighted by molar-refractivity contribution is 5.84. The van der Waals surface area contributed by atoms with Crippen molar-refractivity contribution in [3.63, 3.8) is 0 Å². The average Bonchev–Trinajstić information content (AvgIpc) is 3.14. The zero-order valence-corrected chi connectivity index (χ0v) is 20.6. The van der Waals surface area contributed by atoms with E-state index in [-0.39, 0.29) is 42.2 Å². The molecule has 0 aliphatic rings. The molecule has 0 spiro atoms. The number of nitrogens with zero attached hydrogens (tertiary/aromatic N) is 3. The van der Waals surface area contributed by atoms with E-state index in [1.807, 2.05) is 20.8 Å². The fourth-order valence-electron chi connectivity index (χ4n) is 2.32. The van der Waals surface area contributed by atoms with Crippen LogP contribution in [0.4, 0.5) is 0 Å². The van der Waals surface area contributed by atoms with Crippen molar-refractivity contribution in [2.75, 3.05) is 46.2 Å². The summed E-state index contributed by atoms with van der Waals surface area (Å²) >= 11 is 0. The molecule has 0 N–H and O–H groups in total. The van der Waals surface area contributed by atoms with Crippen LogP contribution in [0.5, 0.6) is 0 Å². The molecule has 0 amide bonds. The minimum atomic E-state index is -0.386. The van der Waals surface area contributed by atoms with E-state index < -0.39 is 0 Å². The Balaban J connectivity index is 2.05. The van der Waals surface area contributed by atoms with Gasteiger partial charge in [-0.25, -0.2) is 4.68 Å². The summed E-state index contributed by atoms with van der Waals surface area (Å²) in [5.74, 6) is -0.201. The largest absolute Gasteiger partial charge is 0.463 e. The molecule has 1 rings (SSSR count). The number of esters is 1. The molecule has 0 atom stereocenters. The van der Waals surface area contributed by atoms with Gasteiger partial charge in [-0.05, 0) is 11.8 Å². The number of hydrogen-bond acceptors (Lipinski definition) is 8. The van der Waals surface area contributed by atoms with Gasteiger partial charge in [-0.15, -0.1) is 5.10 Å². The number of Topliss-reactive ketones (excluding diaryl/α,β-unsaturated/α-hetero) is 1. The minimum absolute atomic E-state index is 0.0703. The van der Waals surface area contributed by atoms with Gasteiger partial charge in [-0.3, -0.25) is 9.59 Å². The smallest absolute Gasteiger partial charge is 0.306 e. The van der Waals surface area contributed by atoms with Gasteiger partial charge in [-0.1, -0.05) is 46.8 Å². The summed E-state index contributed by atoms with van der Waals surface area (Å²) in [6.07, 6.45) is 3.49. The van der Waals surface area contributed by atoms with Crippen LogP contribution in [0.2, 0.25) is 0 Å². The van der Waals surface area contributed by atoms with Crippen LogP contribution in [0, 0.1) is 10.8 Å². The Bertz CT molecular complexity index is 676. The molecule has 0 bridgehead atoms. The predicted octanol–water partition coefficient (Wildman–Crippen LogP) is 2.86. The number of carbonyl (C=O) groups excluding carboxylic acids is 2. The van der Waals surface area contributed by atoms with Gasteiger partial charge in [0, 0.05) is 24.6 Å². The van der Waals surface area contributed by atoms with Crippen molar-refractivity contribution in [2.24, 2.45) is 10.8 Å². The third kappa shape index (κ3) is 14.3. The summed E-state index contributed by atoms with van der Waals surface area (Å²) in [6, 6.07) is 0. The Morgan fingerprint density at radius 3 is 2.25 bits per heavy atom. The molecule has 9 heteroatoms. The van der Waals surface area contributed by atoms with Crippen LogP contribution in [0.1, 0.15) is 60.1 Å². The van der Waals surface area contributed by atoms with Gasteiger partial charge >= 0.3 is 5.97 Å². The van der Waals surface area contributed by atoms with Crippen LogP contribution in [-0.2, 0) is 41.5 Å². The minimum Gasteiger partial charge on any atom is -0.463 e. The van der Waals surface area contributed by atoms with Gasteiger partial charge in [-0.2, -0.15) is 0 Å². The molecule has 9 nitrogen and oxygen atoms in total. The molecule has 0 aliphatic heterocycles. The van der Waals surface area contributed by atoms with Crippen molar-refractivity contribution >= 4 is 11.8 Å². The van der Waals surface area contributed by atoms with Gasteiger partial charge in [0.25, 0.3) is 0 Å². The summed E-state index contributed by atoms with van der Waals surface area (Å²) in [5.41, 5.74) is 0.581. The summed E-state index contributed by atoms with van der Waals surface area (Å²) in [6.45, 7) is 15.3. The quantitative estimate of drug-likeness (QED) is 0.277. The Hall–Kier alpha value is -1.84. The Morgan fingerprint density at radius 1 is 0.906 bits per heavy atom. The number of hydrogen-bond donors (Lipinski definition) is 0. The molecule has 1 heterocycles. The molecule has 0 saturated carbocycles. The molecule has 0 fully saturated rings. The lowest BCUT2D eigenvalue weighted by Gasteiger charge is -2.17. The van der Waals surface area contributed by atoms with E-state index in [9.17, 15) is 9.59 Å². The fourth-order valence-corrected chi connectivity index (χ4v) is 2.32. The van der Waals surface area contributed by atoms with Crippen molar-refractivity contribution in [1.82, 2.24) is 15.0 Å². The maximum Gasteiger partial charge on any atom is 0.306 e. The third-order valence-electron chi connectivity index (χ3n) is 4.56. The normalized spacial score (nSPS) is 12.2. The molecule has 32 heavy (non-hydrogen) atoms. The molecule has 0 aliphatic carbocycles. The van der Waals surface area contributed by atoms with Crippen LogP contribution >= 0.6 is 0 Å². The Morgan fingerprint density at radius 2 is 1.56 bits per heavy atom. The fraction of sp³-hybridized carbons (Fsp3) is 0.826. The number of rotatable bonds is 16. The van der Waals surface area contributed by atoms with Crippen LogP contribution in [0.25, 0.3) is 0 Å². The second-order valence-corrected chi connectivity index (χ2v) is 9.95. The van der Waals surface area contributed by atoms with Gasteiger partial charge in [0.1, 0.15) is 13.2 Å². The van der Waals surface area contributed by atoms with Gasteiger partial charge in [0.05, 0.1) is 45.1 Å². The van der Waals surface area contributed by atoms with E-state index in [2.05, 4.69) is 31.1 Å². The highest BCUT2D eigenvalue weighted by Crippen LogP contribution is 2.17. The first-order valence-corrected chi connectivity index (χ1v) is 11.3. The number of ketones is 1. The molecular weight excluding hydrogens is 414 g/mol. The molecule has 0 aromatic carbocycles. The van der Waals surface area contributed by atoms with Gasteiger partial charge < -0.3 is 18.9 Å². The summed E-state index contributed by atoms with van der Waals surface area (Å²) in [4.78, 5) is 23.6. The SMILES string of the molecule is CC(C)(C)CCOCCOC(=O)CCc1cn(CCOCCOCC(=O)C(C)(C)C)nn1. The lowest BCUT2D eigenvalue weighted by Crippen LogP contribution is -2.25. The lowest BCUT2D eigenvalue weighted by atomic mass is 9.91. The Kier molecular flexibility index (Phi) is 12.6. The molecular formula is C23H41N3O6. The lowest BCUT2D eigenvalue weighted by molar-refractivity contribution is -0.145. The third-order valence-corrected chi connectivity index (χ3v) is 4.56. The van der Waals surface area contributed by atoms with E-state index in [4.69, 9.17) is 18.9 Å². The maximum atomic E-state index is 11.8. The number of carbonyl (C=O) groups is 2. The summed E-state index contributed by atoms with van der Waals surface area (Å²) in [5, 5.41) is 8.10. The first-order chi connectivity index (χ1) is 15.0. The van der Waals surface area contributed by atoms with Crippen LogP contribution in [0.15, 0.2) is 6.20 Å². The van der Waals surface area contributed by atoms with E-state index in [1.165, 1.54) is 0 Å². The zero-order valence-electron chi connectivity index (χ0n) is 20.6. The van der Waals surface area contributed by atoms with E-state index in [1.54, 1.807) is 10.9 Å². The highest BCUT2D eigenvalue weighted by Gasteiger charge is 2.20. The number of aromatic nitrogens is 3. The first-order valence-electron chi connectivity index (χ1n) is 11.3. The first kappa shape index (κ1) is 28.2. The average molecular weight is 456 g/mol. The zero-order chi connectivity index (χ0) is 24.0. The second-order valence-electron chi connectivity index (χ2n) is 9.95. The molecule has 184 valence electrons. The molecule has 0 unspecified atom stereocenters. The van der Waals surface area contributed by atoms with Crippen molar-refractivity contribution in [3.05, 3.63) is 11.9 Å². The van der Waals surface area contributed by atoms with E-state index in [0.29, 0.717) is 46.0 Å². The monoisotopic (exact) mass is 455 g/mol. The van der Waals surface area contributed by atoms with Gasteiger partial charge in [0.15, 0.2) is 5.78 Å². The Labute approximate surface area is 192 Å². The second kappa shape index (κ2) is 14.3. The van der Waals surface area contributed by atoms with Crippen LogP contribution in [-0.4, -0.2) is 73.0 Å². The topological polar surface area (TPSA) is 102 Å². The van der Waals surface area contributed by atoms with Crippen molar-refractivity contribution in [3.8, 4) is 0 Å². The molecule has 1 aromatic rings. The van der Waals surface area contributed by atoms with E-state index >= 15 is 0 Å². The van der Waals surface area contributed by atoms with Crippen molar-refractivity contribution in [1.29, 1.82) is 0 Å². The number of ether oxygens (including phenoxy) is 4. The standard InChI is InChI=1S/C23H41N3O6/c1-22(2,3)9-11-29-15-16-32-21(28)8-7-19-17-26(25-24-19)10-12-30-13-14-31-18-20(27)23(4,5)6/h17H,7-16,18H2,1-6H3. The number of aryl methyl sites for hydroxylation is 1. The van der Waals surface area contributed by atoms with E-state index in [0.717, 1.165) is 12.1 Å². The molecule has 0 saturated heterocycles. The predicted molar refractivity (Wildman–Crippen MR) is 120 cm³/mol. The van der Waals surface area contributed by atoms with Gasteiger partial charge in [0.2, 0.25) is 0 Å². The molecule has 0 radical (unpaired) electrons.